The molecule has 0 spiro atoms. The zero-order chi connectivity index (χ0) is 21.5. The first kappa shape index (κ1) is 19.0. The zero-order valence-corrected chi connectivity index (χ0v) is 18.1. The van der Waals surface area contributed by atoms with Crippen LogP contribution in [0.1, 0.15) is 55.7 Å². The van der Waals surface area contributed by atoms with Crippen LogP contribution in [0.4, 0.5) is 0 Å². The van der Waals surface area contributed by atoms with E-state index in [4.69, 9.17) is 0 Å². The third-order valence-corrected chi connectivity index (χ3v) is 9.36. The molecule has 5 aliphatic rings. The smallest absolute Gasteiger partial charge is 0.0967 e. The topological polar surface area (TPSA) is 71.2 Å². The fourth-order valence-electron chi connectivity index (χ4n) is 8.16. The van der Waals surface area contributed by atoms with Gasteiger partial charge in [-0.1, -0.05) is 30.3 Å². The van der Waals surface area contributed by atoms with Gasteiger partial charge in [-0.15, -0.1) is 0 Å². The molecule has 4 unspecified atom stereocenters. The number of rotatable bonds is 4. The number of aliphatic hydroxyl groups is 2. The minimum absolute atomic E-state index is 0.0940. The Hall–Kier alpha value is -2.50. The molecule has 1 aromatic carbocycles. The van der Waals surface area contributed by atoms with E-state index in [0.717, 1.165) is 43.4 Å². The van der Waals surface area contributed by atoms with Crippen molar-refractivity contribution in [2.75, 3.05) is 0 Å². The SMILES string of the molecule is OC(CC1c2ccccc2-c2cncn21)C12CC3CC(C1)C(O)(c1cccnc1)C(C3)C2. The average Bonchev–Trinajstić information content (AvgIpc) is 3.40. The molecule has 4 fully saturated rings. The number of aliphatic hydroxyl groups excluding tert-OH is 1. The van der Waals surface area contributed by atoms with Gasteiger partial charge in [0.1, 0.15) is 0 Å². The van der Waals surface area contributed by atoms with Crippen molar-refractivity contribution in [1.29, 1.82) is 0 Å². The third-order valence-electron chi connectivity index (χ3n) is 9.36. The number of aromatic nitrogens is 3. The van der Waals surface area contributed by atoms with E-state index in [0.29, 0.717) is 12.3 Å². The molecule has 4 saturated carbocycles. The molecule has 2 N–H and O–H groups in total. The molecule has 3 aromatic rings. The molecule has 164 valence electrons. The zero-order valence-electron chi connectivity index (χ0n) is 18.1. The summed E-state index contributed by atoms with van der Waals surface area (Å²) in [6.45, 7) is 0. The Kier molecular flexibility index (Phi) is 3.87. The Labute approximate surface area is 188 Å². The lowest BCUT2D eigenvalue weighted by molar-refractivity contribution is -0.230. The number of pyridine rings is 1. The lowest BCUT2D eigenvalue weighted by atomic mass is 9.42. The number of imidazole rings is 1. The number of hydrogen-bond donors (Lipinski definition) is 2. The highest BCUT2D eigenvalue weighted by molar-refractivity contribution is 5.68. The van der Waals surface area contributed by atoms with Crippen molar-refractivity contribution in [2.24, 2.45) is 23.2 Å². The summed E-state index contributed by atoms with van der Waals surface area (Å²) >= 11 is 0. The van der Waals surface area contributed by atoms with E-state index in [1.54, 1.807) is 6.20 Å². The molecular weight excluding hydrogens is 398 g/mol. The summed E-state index contributed by atoms with van der Waals surface area (Å²) in [6.07, 6.45) is 12.8. The molecule has 3 heterocycles. The molecule has 0 amide bonds. The van der Waals surface area contributed by atoms with Gasteiger partial charge in [-0.25, -0.2) is 4.98 Å². The Morgan fingerprint density at radius 1 is 1.00 bits per heavy atom. The van der Waals surface area contributed by atoms with E-state index in [-0.39, 0.29) is 29.4 Å². The molecule has 5 heteroatoms. The Balaban J connectivity index is 1.21. The number of fused-ring (bicyclic) bond motifs is 3. The summed E-state index contributed by atoms with van der Waals surface area (Å²) in [5.41, 5.74) is 3.74. The maximum absolute atomic E-state index is 11.9. The third kappa shape index (κ3) is 2.41. The van der Waals surface area contributed by atoms with E-state index in [9.17, 15) is 10.2 Å². The van der Waals surface area contributed by atoms with Gasteiger partial charge in [0.2, 0.25) is 0 Å². The van der Waals surface area contributed by atoms with Gasteiger partial charge in [0, 0.05) is 23.5 Å². The van der Waals surface area contributed by atoms with E-state index in [1.807, 2.05) is 30.9 Å². The first-order valence-electron chi connectivity index (χ1n) is 12.0. The predicted molar refractivity (Wildman–Crippen MR) is 121 cm³/mol. The summed E-state index contributed by atoms with van der Waals surface area (Å²) in [5.74, 6) is 1.01. The second-order valence-electron chi connectivity index (χ2n) is 10.8. The summed E-state index contributed by atoms with van der Waals surface area (Å²) in [5, 5.41) is 23.7. The van der Waals surface area contributed by atoms with Crippen LogP contribution in [0.15, 0.2) is 61.3 Å². The van der Waals surface area contributed by atoms with Gasteiger partial charge in [-0.2, -0.15) is 0 Å². The van der Waals surface area contributed by atoms with Gasteiger partial charge in [-0.05, 0) is 73.3 Å². The molecular formula is C27H29N3O2. The lowest BCUT2D eigenvalue weighted by Crippen LogP contribution is -2.62. The molecule has 1 aliphatic heterocycles. The summed E-state index contributed by atoms with van der Waals surface area (Å²) < 4.78 is 2.24. The van der Waals surface area contributed by atoms with Crippen LogP contribution in [0.25, 0.3) is 11.3 Å². The summed E-state index contributed by atoms with van der Waals surface area (Å²) in [7, 11) is 0. The minimum atomic E-state index is -0.800. The first-order valence-corrected chi connectivity index (χ1v) is 12.0. The van der Waals surface area contributed by atoms with Crippen molar-refractivity contribution in [3.63, 3.8) is 0 Å². The van der Waals surface area contributed by atoms with E-state index in [2.05, 4.69) is 38.8 Å². The summed E-state index contributed by atoms with van der Waals surface area (Å²) in [6, 6.07) is 12.6. The molecule has 8 rings (SSSR count). The van der Waals surface area contributed by atoms with Crippen molar-refractivity contribution in [3.05, 3.63) is 72.4 Å². The molecule has 2 aromatic heterocycles. The molecule has 32 heavy (non-hydrogen) atoms. The van der Waals surface area contributed by atoms with Crippen LogP contribution in [0.3, 0.4) is 0 Å². The normalized spacial score (nSPS) is 37.3. The van der Waals surface area contributed by atoms with Gasteiger partial charge >= 0.3 is 0 Å². The maximum Gasteiger partial charge on any atom is 0.0967 e. The van der Waals surface area contributed by atoms with Crippen molar-refractivity contribution in [3.8, 4) is 11.3 Å². The molecule has 4 aliphatic carbocycles. The van der Waals surface area contributed by atoms with Gasteiger partial charge in [-0.3, -0.25) is 4.98 Å². The van der Waals surface area contributed by atoms with Crippen LogP contribution < -0.4 is 0 Å². The van der Waals surface area contributed by atoms with Crippen molar-refractivity contribution in [1.82, 2.24) is 14.5 Å². The largest absolute Gasteiger partial charge is 0.392 e. The number of hydrogen-bond acceptors (Lipinski definition) is 4. The highest BCUT2D eigenvalue weighted by atomic mass is 16.3. The molecule has 5 nitrogen and oxygen atoms in total. The Morgan fingerprint density at radius 2 is 1.81 bits per heavy atom. The second-order valence-corrected chi connectivity index (χ2v) is 10.8. The van der Waals surface area contributed by atoms with E-state index in [1.165, 1.54) is 11.1 Å². The summed E-state index contributed by atoms with van der Waals surface area (Å²) in [4.78, 5) is 8.69. The second kappa shape index (κ2) is 6.52. The van der Waals surface area contributed by atoms with Gasteiger partial charge in [0.15, 0.2) is 0 Å². The molecule has 0 radical (unpaired) electrons. The standard InChI is InChI=1S/C27H29N3O2/c31-25(10-23-21-5-1-2-6-22(21)24-15-29-16-30(23)24)26-11-17-8-19(12-26)27(32,20(9-17)13-26)18-4-3-7-28-14-18/h1-7,14-17,19-20,23,25,31-32H,8-13H2. The van der Waals surface area contributed by atoms with Crippen LogP contribution in [0.5, 0.6) is 0 Å². The van der Waals surface area contributed by atoms with Crippen LogP contribution in [0.2, 0.25) is 0 Å². The molecule has 0 saturated heterocycles. The fraction of sp³-hybridized carbons (Fsp3) is 0.481. The van der Waals surface area contributed by atoms with Crippen LogP contribution in [-0.4, -0.2) is 30.9 Å². The monoisotopic (exact) mass is 427 g/mol. The average molecular weight is 428 g/mol. The van der Waals surface area contributed by atoms with Crippen molar-refractivity contribution < 1.29 is 10.2 Å². The van der Waals surface area contributed by atoms with Gasteiger partial charge in [0.25, 0.3) is 0 Å². The van der Waals surface area contributed by atoms with Crippen LogP contribution >= 0.6 is 0 Å². The number of nitrogens with zero attached hydrogens (tertiary/aromatic N) is 3. The van der Waals surface area contributed by atoms with Crippen molar-refractivity contribution in [2.45, 2.75) is 56.3 Å². The lowest BCUT2D eigenvalue weighted by Gasteiger charge is -2.64. The van der Waals surface area contributed by atoms with E-state index >= 15 is 0 Å². The maximum atomic E-state index is 11.9. The first-order chi connectivity index (χ1) is 15.6. The minimum Gasteiger partial charge on any atom is -0.392 e. The van der Waals surface area contributed by atoms with Crippen LogP contribution in [-0.2, 0) is 5.60 Å². The number of benzene rings is 1. The van der Waals surface area contributed by atoms with Crippen LogP contribution in [0, 0.1) is 23.2 Å². The van der Waals surface area contributed by atoms with Gasteiger partial charge < -0.3 is 14.8 Å². The Bertz CT molecular complexity index is 1160. The van der Waals surface area contributed by atoms with Gasteiger partial charge in [0.05, 0.1) is 36.0 Å². The Morgan fingerprint density at radius 3 is 2.59 bits per heavy atom. The predicted octanol–water partition coefficient (Wildman–Crippen LogP) is 4.31. The molecule has 4 bridgehead atoms. The molecule has 4 atom stereocenters. The fourth-order valence-corrected chi connectivity index (χ4v) is 8.16. The highest BCUT2D eigenvalue weighted by Gasteiger charge is 2.64. The quantitative estimate of drug-likeness (QED) is 0.651. The highest BCUT2D eigenvalue weighted by Crippen LogP contribution is 2.67. The van der Waals surface area contributed by atoms with Crippen molar-refractivity contribution >= 4 is 0 Å². The van der Waals surface area contributed by atoms with E-state index < -0.39 is 5.60 Å².